The summed E-state index contributed by atoms with van der Waals surface area (Å²) in [5.74, 6) is 0. The van der Waals surface area contributed by atoms with Gasteiger partial charge in [0.2, 0.25) is 0 Å². The van der Waals surface area contributed by atoms with Gasteiger partial charge in [0.1, 0.15) is 0 Å². The molecular weight excluding hydrogens is 256 g/mol. The van der Waals surface area contributed by atoms with E-state index >= 15 is 0 Å². The maximum absolute atomic E-state index is 11.7. The maximum Gasteiger partial charge on any atom is 0.319 e. The Kier molecular flexibility index (Phi) is 4.62. The first-order valence-corrected chi connectivity index (χ1v) is 6.20. The van der Waals surface area contributed by atoms with Crippen LogP contribution in [0.15, 0.2) is 42.9 Å². The van der Waals surface area contributed by atoms with Gasteiger partial charge < -0.3 is 15.7 Å². The summed E-state index contributed by atoms with van der Waals surface area (Å²) >= 11 is 0. The Balaban J connectivity index is 1.83. The lowest BCUT2D eigenvalue weighted by atomic mass is 10.1. The van der Waals surface area contributed by atoms with Gasteiger partial charge in [-0.1, -0.05) is 0 Å². The number of aliphatic hydroxyl groups is 1. The molecule has 1 unspecified atom stereocenters. The highest BCUT2D eigenvalue weighted by Crippen LogP contribution is 2.10. The van der Waals surface area contributed by atoms with Crippen LogP contribution in [0.4, 0.5) is 10.5 Å². The number of rotatable bonds is 4. The zero-order chi connectivity index (χ0) is 14.4. The van der Waals surface area contributed by atoms with Gasteiger partial charge >= 0.3 is 6.03 Å². The average Bonchev–Trinajstić information content (AvgIpc) is 2.46. The summed E-state index contributed by atoms with van der Waals surface area (Å²) in [6, 6.07) is 6.50. The normalized spacial score (nSPS) is 11.7. The number of carbonyl (C=O) groups is 1. The molecule has 1 atom stereocenters. The first-order valence-electron chi connectivity index (χ1n) is 6.20. The van der Waals surface area contributed by atoms with E-state index in [9.17, 15) is 9.90 Å². The van der Waals surface area contributed by atoms with Crippen LogP contribution in [0.25, 0.3) is 0 Å². The van der Waals surface area contributed by atoms with Gasteiger partial charge in [-0.25, -0.2) is 4.79 Å². The van der Waals surface area contributed by atoms with Crippen LogP contribution in [-0.4, -0.2) is 27.7 Å². The molecule has 104 valence electrons. The van der Waals surface area contributed by atoms with E-state index < -0.39 is 6.10 Å². The van der Waals surface area contributed by atoms with Crippen LogP contribution in [0.5, 0.6) is 0 Å². The SMILES string of the molecule is Cc1cc(NC(=O)NCC(O)c2ccncc2)ccn1. The van der Waals surface area contributed by atoms with Crippen molar-refractivity contribution in [2.45, 2.75) is 13.0 Å². The molecule has 2 aromatic heterocycles. The lowest BCUT2D eigenvalue weighted by molar-refractivity contribution is 0.175. The molecule has 0 fully saturated rings. The molecule has 3 N–H and O–H groups in total. The fourth-order valence-electron chi connectivity index (χ4n) is 1.69. The summed E-state index contributed by atoms with van der Waals surface area (Å²) in [5.41, 5.74) is 2.19. The molecule has 0 aromatic carbocycles. The number of pyridine rings is 2. The molecule has 0 aliphatic heterocycles. The number of nitrogens with zero attached hydrogens (tertiary/aromatic N) is 2. The van der Waals surface area contributed by atoms with Crippen LogP contribution < -0.4 is 10.6 Å². The molecule has 0 saturated heterocycles. The van der Waals surface area contributed by atoms with E-state index in [-0.39, 0.29) is 12.6 Å². The van der Waals surface area contributed by atoms with Gasteiger partial charge in [-0.15, -0.1) is 0 Å². The van der Waals surface area contributed by atoms with Crippen molar-refractivity contribution >= 4 is 11.7 Å². The van der Waals surface area contributed by atoms with Gasteiger partial charge in [0.05, 0.1) is 6.10 Å². The molecule has 0 spiro atoms. The van der Waals surface area contributed by atoms with Crippen molar-refractivity contribution in [2.24, 2.45) is 0 Å². The number of hydrogen-bond donors (Lipinski definition) is 3. The number of urea groups is 1. The average molecular weight is 272 g/mol. The van der Waals surface area contributed by atoms with Crippen LogP contribution in [0.1, 0.15) is 17.4 Å². The molecule has 0 aliphatic carbocycles. The summed E-state index contributed by atoms with van der Waals surface area (Å²) in [6.07, 6.45) is 4.05. The zero-order valence-corrected chi connectivity index (χ0v) is 11.1. The molecule has 0 aliphatic rings. The molecule has 20 heavy (non-hydrogen) atoms. The third kappa shape index (κ3) is 4.03. The third-order valence-corrected chi connectivity index (χ3v) is 2.70. The van der Waals surface area contributed by atoms with E-state index in [1.165, 1.54) is 0 Å². The van der Waals surface area contributed by atoms with Crippen molar-refractivity contribution in [1.29, 1.82) is 0 Å². The van der Waals surface area contributed by atoms with Crippen LogP contribution in [-0.2, 0) is 0 Å². The molecule has 2 aromatic rings. The van der Waals surface area contributed by atoms with E-state index in [0.29, 0.717) is 11.3 Å². The molecule has 0 radical (unpaired) electrons. The Morgan fingerprint density at radius 1 is 1.30 bits per heavy atom. The number of aryl methyl sites for hydroxylation is 1. The van der Waals surface area contributed by atoms with Gasteiger partial charge in [-0.3, -0.25) is 9.97 Å². The van der Waals surface area contributed by atoms with Crippen molar-refractivity contribution < 1.29 is 9.90 Å². The van der Waals surface area contributed by atoms with E-state index in [1.807, 2.05) is 6.92 Å². The number of anilines is 1. The van der Waals surface area contributed by atoms with E-state index in [2.05, 4.69) is 20.6 Å². The van der Waals surface area contributed by atoms with Crippen molar-refractivity contribution in [3.63, 3.8) is 0 Å². The van der Waals surface area contributed by atoms with Crippen LogP contribution in [0, 0.1) is 6.92 Å². The van der Waals surface area contributed by atoms with Crippen LogP contribution in [0.2, 0.25) is 0 Å². The Bertz CT molecular complexity index is 574. The Morgan fingerprint density at radius 3 is 2.75 bits per heavy atom. The molecule has 2 heterocycles. The molecule has 2 amide bonds. The van der Waals surface area contributed by atoms with Crippen molar-refractivity contribution in [2.75, 3.05) is 11.9 Å². The minimum absolute atomic E-state index is 0.125. The molecular formula is C14H16N4O2. The topological polar surface area (TPSA) is 87.1 Å². The molecule has 6 heteroatoms. The molecule has 6 nitrogen and oxygen atoms in total. The zero-order valence-electron chi connectivity index (χ0n) is 11.1. The Hall–Kier alpha value is -2.47. The fraction of sp³-hybridized carbons (Fsp3) is 0.214. The second-order valence-corrected chi connectivity index (χ2v) is 4.32. The monoisotopic (exact) mass is 272 g/mol. The predicted octanol–water partition coefficient (Wildman–Crippen LogP) is 1.64. The van der Waals surface area contributed by atoms with Crippen molar-refractivity contribution in [3.8, 4) is 0 Å². The highest BCUT2D eigenvalue weighted by Gasteiger charge is 2.09. The highest BCUT2D eigenvalue weighted by atomic mass is 16.3. The summed E-state index contributed by atoms with van der Waals surface area (Å²) < 4.78 is 0. The van der Waals surface area contributed by atoms with Gasteiger partial charge in [0, 0.05) is 36.5 Å². The Labute approximate surface area is 116 Å². The molecule has 0 saturated carbocycles. The largest absolute Gasteiger partial charge is 0.387 e. The summed E-state index contributed by atoms with van der Waals surface area (Å²) in [7, 11) is 0. The second kappa shape index (κ2) is 6.63. The van der Waals surface area contributed by atoms with Crippen molar-refractivity contribution in [3.05, 3.63) is 54.1 Å². The van der Waals surface area contributed by atoms with E-state index in [1.54, 1.807) is 42.9 Å². The fourth-order valence-corrected chi connectivity index (χ4v) is 1.69. The first-order chi connectivity index (χ1) is 9.65. The third-order valence-electron chi connectivity index (χ3n) is 2.70. The smallest absolute Gasteiger partial charge is 0.319 e. The number of aliphatic hydroxyl groups excluding tert-OH is 1. The molecule has 0 bridgehead atoms. The minimum Gasteiger partial charge on any atom is -0.387 e. The number of aromatic nitrogens is 2. The second-order valence-electron chi connectivity index (χ2n) is 4.32. The predicted molar refractivity (Wildman–Crippen MR) is 75.2 cm³/mol. The number of amides is 2. The van der Waals surface area contributed by atoms with Crippen LogP contribution in [0.3, 0.4) is 0 Å². The number of carbonyl (C=O) groups excluding carboxylic acids is 1. The lowest BCUT2D eigenvalue weighted by Crippen LogP contribution is -2.32. The van der Waals surface area contributed by atoms with Crippen LogP contribution >= 0.6 is 0 Å². The minimum atomic E-state index is -0.761. The van der Waals surface area contributed by atoms with Gasteiger partial charge in [0.25, 0.3) is 0 Å². The summed E-state index contributed by atoms with van der Waals surface area (Å²) in [4.78, 5) is 19.6. The summed E-state index contributed by atoms with van der Waals surface area (Å²) in [6.45, 7) is 1.97. The number of hydrogen-bond acceptors (Lipinski definition) is 4. The first kappa shape index (κ1) is 14.0. The van der Waals surface area contributed by atoms with Gasteiger partial charge in [0.15, 0.2) is 0 Å². The standard InChI is InChI=1S/C14H16N4O2/c1-10-8-12(4-7-16-10)18-14(20)17-9-13(19)11-2-5-15-6-3-11/h2-8,13,19H,9H2,1H3,(H2,16,17,18,20). The molecule has 2 rings (SSSR count). The summed E-state index contributed by atoms with van der Waals surface area (Å²) in [5, 5.41) is 15.2. The quantitative estimate of drug-likeness (QED) is 0.789. The van der Waals surface area contributed by atoms with E-state index in [0.717, 1.165) is 5.69 Å². The highest BCUT2D eigenvalue weighted by molar-refractivity contribution is 5.89. The lowest BCUT2D eigenvalue weighted by Gasteiger charge is -2.12. The van der Waals surface area contributed by atoms with Gasteiger partial charge in [-0.2, -0.15) is 0 Å². The maximum atomic E-state index is 11.7. The number of nitrogens with one attached hydrogen (secondary N) is 2. The Morgan fingerprint density at radius 2 is 2.05 bits per heavy atom. The van der Waals surface area contributed by atoms with E-state index in [4.69, 9.17) is 0 Å². The van der Waals surface area contributed by atoms with Gasteiger partial charge in [-0.05, 0) is 36.8 Å². The van der Waals surface area contributed by atoms with Crippen molar-refractivity contribution in [1.82, 2.24) is 15.3 Å².